The summed E-state index contributed by atoms with van der Waals surface area (Å²) in [5.74, 6) is 0.632. The van der Waals surface area contributed by atoms with E-state index >= 15 is 0 Å². The molecule has 1 saturated carbocycles. The molecule has 0 bridgehead atoms. The molecule has 0 unspecified atom stereocenters. The molecule has 0 aromatic rings. The lowest BCUT2D eigenvalue weighted by molar-refractivity contribution is -0.0138. The van der Waals surface area contributed by atoms with E-state index in [2.05, 4.69) is 15.2 Å². The van der Waals surface area contributed by atoms with Gasteiger partial charge in [0.25, 0.3) is 0 Å². The first-order chi connectivity index (χ1) is 9.28. The van der Waals surface area contributed by atoms with Gasteiger partial charge in [-0.15, -0.1) is 0 Å². The number of ether oxygens (including phenoxy) is 1. The first-order valence-corrected chi connectivity index (χ1v) is 7.68. The molecule has 108 valence electrons. The van der Waals surface area contributed by atoms with E-state index in [-0.39, 0.29) is 5.54 Å². The van der Waals surface area contributed by atoms with Gasteiger partial charge in [0.1, 0.15) is 0 Å². The predicted molar refractivity (Wildman–Crippen MR) is 76.2 cm³/mol. The lowest BCUT2D eigenvalue weighted by atomic mass is 9.88. The van der Waals surface area contributed by atoms with Crippen molar-refractivity contribution in [3.8, 4) is 0 Å². The summed E-state index contributed by atoms with van der Waals surface area (Å²) in [5.41, 5.74) is 6.18. The predicted octanol–water partition coefficient (Wildman–Crippen LogP) is 0.698. The van der Waals surface area contributed by atoms with Crippen LogP contribution in [0.3, 0.4) is 0 Å². The van der Waals surface area contributed by atoms with Gasteiger partial charge in [-0.1, -0.05) is 0 Å². The average Bonchev–Trinajstić information content (AvgIpc) is 3.07. The average molecular weight is 266 g/mol. The van der Waals surface area contributed by atoms with Gasteiger partial charge in [0, 0.05) is 24.8 Å². The highest BCUT2D eigenvalue weighted by molar-refractivity contribution is 5.78. The van der Waals surface area contributed by atoms with E-state index in [1.807, 2.05) is 0 Å². The van der Waals surface area contributed by atoms with Crippen LogP contribution in [-0.4, -0.2) is 55.3 Å². The maximum absolute atomic E-state index is 5.98. The number of hydrogen-bond acceptors (Lipinski definition) is 3. The van der Waals surface area contributed by atoms with Crippen molar-refractivity contribution in [3.05, 3.63) is 0 Å². The zero-order valence-corrected chi connectivity index (χ0v) is 11.7. The molecule has 0 spiro atoms. The fraction of sp³-hybridized carbons (Fsp3) is 0.929. The Labute approximate surface area is 115 Å². The van der Waals surface area contributed by atoms with E-state index in [1.54, 1.807) is 0 Å². The molecule has 0 aromatic heterocycles. The minimum Gasteiger partial charge on any atom is -0.381 e. The number of guanidine groups is 1. The summed E-state index contributed by atoms with van der Waals surface area (Å²) in [7, 11) is 0. The molecule has 0 atom stereocenters. The maximum Gasteiger partial charge on any atom is 0.188 e. The minimum atomic E-state index is 0.199. The van der Waals surface area contributed by atoms with Gasteiger partial charge < -0.3 is 15.8 Å². The smallest absolute Gasteiger partial charge is 0.188 e. The molecule has 2 heterocycles. The fourth-order valence-corrected chi connectivity index (χ4v) is 3.23. The summed E-state index contributed by atoms with van der Waals surface area (Å²) in [5, 5.41) is 3.28. The lowest BCUT2D eigenvalue weighted by Crippen LogP contribution is -2.53. The zero-order chi connectivity index (χ0) is 13.1. The minimum absolute atomic E-state index is 0.199. The van der Waals surface area contributed by atoms with Crippen LogP contribution >= 0.6 is 0 Å². The second-order valence-corrected chi connectivity index (χ2v) is 6.15. The van der Waals surface area contributed by atoms with E-state index in [0.717, 1.165) is 32.6 Å². The SMILES string of the molecule is NC(=NCC1(N2CCCC2)CCOCC1)NC1CC1. The molecule has 3 fully saturated rings. The Bertz CT molecular complexity index is 328. The van der Waals surface area contributed by atoms with E-state index in [0.29, 0.717) is 12.0 Å². The molecule has 2 saturated heterocycles. The molecular formula is C14H26N4O. The van der Waals surface area contributed by atoms with Crippen molar-refractivity contribution < 1.29 is 4.74 Å². The Morgan fingerprint density at radius 1 is 1.26 bits per heavy atom. The Hall–Kier alpha value is -0.810. The normalized spacial score (nSPS) is 28.5. The van der Waals surface area contributed by atoms with Crippen LogP contribution in [0.1, 0.15) is 38.5 Å². The summed E-state index contributed by atoms with van der Waals surface area (Å²) in [6.45, 7) is 4.98. The number of rotatable bonds is 4. The molecule has 0 aromatic carbocycles. The van der Waals surface area contributed by atoms with Gasteiger partial charge in [0.05, 0.1) is 6.54 Å². The molecule has 5 heteroatoms. The third kappa shape index (κ3) is 3.20. The molecule has 5 nitrogen and oxygen atoms in total. The second-order valence-electron chi connectivity index (χ2n) is 6.15. The van der Waals surface area contributed by atoms with Crippen molar-refractivity contribution >= 4 is 5.96 Å². The van der Waals surface area contributed by atoms with E-state index in [4.69, 9.17) is 10.5 Å². The molecule has 1 aliphatic carbocycles. The molecular weight excluding hydrogens is 240 g/mol. The zero-order valence-electron chi connectivity index (χ0n) is 11.7. The first-order valence-electron chi connectivity index (χ1n) is 7.68. The van der Waals surface area contributed by atoms with Crippen molar-refractivity contribution in [2.75, 3.05) is 32.8 Å². The molecule has 3 N–H and O–H groups in total. The quantitative estimate of drug-likeness (QED) is 0.581. The summed E-state index contributed by atoms with van der Waals surface area (Å²) in [6, 6.07) is 0.584. The van der Waals surface area contributed by atoms with Crippen molar-refractivity contribution in [3.63, 3.8) is 0 Å². The summed E-state index contributed by atoms with van der Waals surface area (Å²) in [6.07, 6.45) is 7.30. The highest BCUT2D eigenvalue weighted by atomic mass is 16.5. The van der Waals surface area contributed by atoms with Gasteiger partial charge in [-0.3, -0.25) is 9.89 Å². The number of nitrogens with one attached hydrogen (secondary N) is 1. The largest absolute Gasteiger partial charge is 0.381 e. The second kappa shape index (κ2) is 5.67. The van der Waals surface area contributed by atoms with Crippen LogP contribution in [0, 0.1) is 0 Å². The number of nitrogens with zero attached hydrogens (tertiary/aromatic N) is 2. The van der Waals surface area contributed by atoms with Crippen LogP contribution in [-0.2, 0) is 4.74 Å². The van der Waals surface area contributed by atoms with E-state index in [1.165, 1.54) is 38.8 Å². The van der Waals surface area contributed by atoms with Crippen molar-refractivity contribution in [1.29, 1.82) is 0 Å². The fourth-order valence-electron chi connectivity index (χ4n) is 3.23. The number of nitrogens with two attached hydrogens (primary N) is 1. The molecule has 2 aliphatic heterocycles. The first kappa shape index (κ1) is 13.2. The molecule has 3 rings (SSSR count). The van der Waals surface area contributed by atoms with Crippen molar-refractivity contribution in [2.45, 2.75) is 50.1 Å². The van der Waals surface area contributed by atoms with Crippen LogP contribution in [0.2, 0.25) is 0 Å². The van der Waals surface area contributed by atoms with Crippen molar-refractivity contribution in [1.82, 2.24) is 10.2 Å². The standard InChI is InChI=1S/C14H26N4O/c15-13(17-12-3-4-12)16-11-14(5-9-19-10-6-14)18-7-1-2-8-18/h12H,1-11H2,(H3,15,16,17). The van der Waals surface area contributed by atoms with Crippen LogP contribution in [0.15, 0.2) is 4.99 Å². The van der Waals surface area contributed by atoms with Gasteiger partial charge in [0.2, 0.25) is 0 Å². The highest BCUT2D eigenvalue weighted by Gasteiger charge is 2.39. The Kier molecular flexibility index (Phi) is 3.93. The Balaban J connectivity index is 1.63. The van der Waals surface area contributed by atoms with E-state index < -0.39 is 0 Å². The van der Waals surface area contributed by atoms with Gasteiger partial charge in [-0.25, -0.2) is 0 Å². The Morgan fingerprint density at radius 2 is 1.95 bits per heavy atom. The number of aliphatic imine (C=N–C) groups is 1. The number of likely N-dealkylation sites (tertiary alicyclic amines) is 1. The summed E-state index contributed by atoms with van der Waals surface area (Å²) in [4.78, 5) is 7.26. The van der Waals surface area contributed by atoms with Crippen LogP contribution in [0.25, 0.3) is 0 Å². The van der Waals surface area contributed by atoms with Crippen LogP contribution in [0.5, 0.6) is 0 Å². The third-order valence-corrected chi connectivity index (χ3v) is 4.67. The maximum atomic E-state index is 5.98. The molecule has 0 amide bonds. The van der Waals surface area contributed by atoms with Gasteiger partial charge in [-0.05, 0) is 51.6 Å². The highest BCUT2D eigenvalue weighted by Crippen LogP contribution is 2.31. The molecule has 19 heavy (non-hydrogen) atoms. The molecule has 0 radical (unpaired) electrons. The summed E-state index contributed by atoms with van der Waals surface area (Å²) >= 11 is 0. The van der Waals surface area contributed by atoms with Gasteiger partial charge in [-0.2, -0.15) is 0 Å². The van der Waals surface area contributed by atoms with Gasteiger partial charge in [0.15, 0.2) is 5.96 Å². The Morgan fingerprint density at radius 3 is 2.58 bits per heavy atom. The lowest BCUT2D eigenvalue weighted by Gasteiger charge is -2.43. The third-order valence-electron chi connectivity index (χ3n) is 4.67. The van der Waals surface area contributed by atoms with Crippen molar-refractivity contribution in [2.24, 2.45) is 10.7 Å². The van der Waals surface area contributed by atoms with E-state index in [9.17, 15) is 0 Å². The topological polar surface area (TPSA) is 62.9 Å². The van der Waals surface area contributed by atoms with Gasteiger partial charge >= 0.3 is 0 Å². The summed E-state index contributed by atoms with van der Waals surface area (Å²) < 4.78 is 5.54. The van der Waals surface area contributed by atoms with Crippen LogP contribution < -0.4 is 11.1 Å². The monoisotopic (exact) mass is 266 g/mol. The van der Waals surface area contributed by atoms with Crippen LogP contribution in [0.4, 0.5) is 0 Å². The number of hydrogen-bond donors (Lipinski definition) is 2. The molecule has 3 aliphatic rings.